The highest BCUT2D eigenvalue weighted by Gasteiger charge is 2.05. The lowest BCUT2D eigenvalue weighted by Gasteiger charge is -2.02. The number of pyridine rings is 2. The summed E-state index contributed by atoms with van der Waals surface area (Å²) < 4.78 is 12.9. The maximum atomic E-state index is 12.9. The number of nitrogens with zero attached hydrogens (tertiary/aromatic N) is 2. The van der Waals surface area contributed by atoms with Crippen LogP contribution in [0.2, 0.25) is 0 Å². The molecule has 18 heavy (non-hydrogen) atoms. The summed E-state index contributed by atoms with van der Waals surface area (Å²) in [6.45, 7) is 0. The zero-order chi connectivity index (χ0) is 13.0. The fourth-order valence-corrected chi connectivity index (χ4v) is 2.16. The summed E-state index contributed by atoms with van der Waals surface area (Å²) in [6.07, 6.45) is 4.16. The molecule has 0 aromatic carbocycles. The number of thioether (sulfide) groups is 1. The van der Waals surface area contributed by atoms with Gasteiger partial charge in [0, 0.05) is 23.0 Å². The minimum absolute atomic E-state index is 0.00244. The van der Waals surface area contributed by atoms with Crippen molar-refractivity contribution in [1.82, 2.24) is 9.97 Å². The molecule has 0 bridgehead atoms. The smallest absolute Gasteiger partial charge is 0.354 e. The number of aromatic carboxylic acids is 1. The molecule has 0 saturated heterocycles. The van der Waals surface area contributed by atoms with Gasteiger partial charge in [-0.1, -0.05) is 0 Å². The lowest BCUT2D eigenvalue weighted by molar-refractivity contribution is 0.0690. The summed E-state index contributed by atoms with van der Waals surface area (Å²) in [4.78, 5) is 19.0. The Morgan fingerprint density at radius 2 is 2.22 bits per heavy atom. The maximum absolute atomic E-state index is 12.9. The maximum Gasteiger partial charge on any atom is 0.354 e. The van der Waals surface area contributed by atoms with E-state index in [0.717, 1.165) is 16.7 Å². The molecule has 0 aliphatic carbocycles. The van der Waals surface area contributed by atoms with E-state index < -0.39 is 5.97 Å². The zero-order valence-electron chi connectivity index (χ0n) is 9.21. The third-order valence-electron chi connectivity index (χ3n) is 2.12. The molecular weight excluding hydrogens is 255 g/mol. The van der Waals surface area contributed by atoms with Gasteiger partial charge in [0.25, 0.3) is 0 Å². The van der Waals surface area contributed by atoms with E-state index in [9.17, 15) is 9.18 Å². The van der Waals surface area contributed by atoms with Crippen molar-refractivity contribution < 1.29 is 14.3 Å². The van der Waals surface area contributed by atoms with Crippen LogP contribution < -0.4 is 0 Å². The lowest BCUT2D eigenvalue weighted by Crippen LogP contribution is -1.99. The van der Waals surface area contributed by atoms with Crippen LogP contribution in [0.1, 0.15) is 16.1 Å². The molecule has 2 aromatic heterocycles. The van der Waals surface area contributed by atoms with E-state index in [-0.39, 0.29) is 11.5 Å². The second-order valence-electron chi connectivity index (χ2n) is 3.48. The van der Waals surface area contributed by atoms with Crippen LogP contribution in [0.4, 0.5) is 4.39 Å². The summed E-state index contributed by atoms with van der Waals surface area (Å²) in [7, 11) is 0. The highest BCUT2D eigenvalue weighted by atomic mass is 32.2. The number of rotatable bonds is 4. The molecular formula is C12H9FN2O2S. The molecule has 0 radical (unpaired) electrons. The van der Waals surface area contributed by atoms with Gasteiger partial charge in [0.1, 0.15) is 11.5 Å². The first-order valence-corrected chi connectivity index (χ1v) is 6.05. The zero-order valence-corrected chi connectivity index (χ0v) is 10.0. The highest BCUT2D eigenvalue weighted by molar-refractivity contribution is 7.98. The Bertz CT molecular complexity index is 578. The van der Waals surface area contributed by atoms with Crippen LogP contribution in [-0.4, -0.2) is 21.0 Å². The van der Waals surface area contributed by atoms with Gasteiger partial charge in [-0.3, -0.25) is 4.98 Å². The Hall–Kier alpha value is -1.95. The summed E-state index contributed by atoms with van der Waals surface area (Å²) >= 11 is 1.40. The number of carboxylic acid groups (broad SMARTS) is 1. The molecule has 0 atom stereocenters. The number of halogens is 1. The summed E-state index contributed by atoms with van der Waals surface area (Å²) in [6, 6.07) is 4.60. The molecule has 2 rings (SSSR count). The van der Waals surface area contributed by atoms with Crippen LogP contribution in [0.3, 0.4) is 0 Å². The molecule has 0 unspecified atom stereocenters. The second-order valence-corrected chi connectivity index (χ2v) is 4.53. The first kappa shape index (κ1) is 12.5. The molecule has 0 amide bonds. The molecule has 2 aromatic rings. The minimum atomic E-state index is -1.06. The van der Waals surface area contributed by atoms with Gasteiger partial charge in [0.2, 0.25) is 0 Å². The van der Waals surface area contributed by atoms with Crippen molar-refractivity contribution in [2.24, 2.45) is 0 Å². The van der Waals surface area contributed by atoms with Gasteiger partial charge in [-0.15, -0.1) is 11.8 Å². The number of carboxylic acids is 1. The highest BCUT2D eigenvalue weighted by Crippen LogP contribution is 2.22. The van der Waals surface area contributed by atoms with Crippen LogP contribution in [0, 0.1) is 5.82 Å². The standard InChI is InChI=1S/C12H9FN2O2S/c13-9-3-8(5-14-6-9)7-18-10-1-2-15-11(4-10)12(16)17/h1-6H,7H2,(H,16,17). The van der Waals surface area contributed by atoms with Crippen molar-refractivity contribution in [3.8, 4) is 0 Å². The van der Waals surface area contributed by atoms with Gasteiger partial charge in [-0.05, 0) is 23.8 Å². The third-order valence-corrected chi connectivity index (χ3v) is 3.18. The Balaban J connectivity index is 2.06. The van der Waals surface area contributed by atoms with Crippen LogP contribution in [0.5, 0.6) is 0 Å². The van der Waals surface area contributed by atoms with Crippen molar-refractivity contribution in [3.05, 3.63) is 53.9 Å². The summed E-state index contributed by atoms with van der Waals surface area (Å²) in [5.74, 6) is -0.924. The molecule has 0 aliphatic heterocycles. The number of aromatic nitrogens is 2. The average molecular weight is 264 g/mol. The Morgan fingerprint density at radius 3 is 2.94 bits per heavy atom. The van der Waals surface area contributed by atoms with Gasteiger partial charge in [0.15, 0.2) is 0 Å². The van der Waals surface area contributed by atoms with Gasteiger partial charge in [-0.25, -0.2) is 14.2 Å². The van der Waals surface area contributed by atoms with Crippen LogP contribution in [0.25, 0.3) is 0 Å². The molecule has 6 heteroatoms. The van der Waals surface area contributed by atoms with E-state index >= 15 is 0 Å². The van der Waals surface area contributed by atoms with Crippen molar-refractivity contribution in [2.75, 3.05) is 0 Å². The van der Waals surface area contributed by atoms with Gasteiger partial charge < -0.3 is 5.11 Å². The van der Waals surface area contributed by atoms with E-state index in [2.05, 4.69) is 9.97 Å². The largest absolute Gasteiger partial charge is 0.477 e. The second kappa shape index (κ2) is 5.59. The van der Waals surface area contributed by atoms with Crippen LogP contribution in [-0.2, 0) is 5.75 Å². The van der Waals surface area contributed by atoms with Gasteiger partial charge in [-0.2, -0.15) is 0 Å². The first-order chi connectivity index (χ1) is 8.65. The summed E-state index contributed by atoms with van der Waals surface area (Å²) in [5, 5.41) is 8.80. The van der Waals surface area contributed by atoms with E-state index in [4.69, 9.17) is 5.11 Å². The number of hydrogen-bond acceptors (Lipinski definition) is 4. The average Bonchev–Trinajstić information content (AvgIpc) is 2.37. The molecule has 1 N–H and O–H groups in total. The predicted molar refractivity (Wildman–Crippen MR) is 65.0 cm³/mol. The van der Waals surface area contributed by atoms with Gasteiger partial charge in [0.05, 0.1) is 6.20 Å². The van der Waals surface area contributed by atoms with Gasteiger partial charge >= 0.3 is 5.97 Å². The molecule has 4 nitrogen and oxygen atoms in total. The molecule has 0 fully saturated rings. The van der Waals surface area contributed by atoms with Crippen molar-refractivity contribution in [2.45, 2.75) is 10.6 Å². The van der Waals surface area contributed by atoms with Crippen LogP contribution >= 0.6 is 11.8 Å². The Labute approximate surface area is 107 Å². The number of hydrogen-bond donors (Lipinski definition) is 1. The predicted octanol–water partition coefficient (Wildman–Crippen LogP) is 2.61. The van der Waals surface area contributed by atoms with Crippen molar-refractivity contribution in [1.29, 1.82) is 0 Å². The monoisotopic (exact) mass is 264 g/mol. The molecule has 92 valence electrons. The normalized spacial score (nSPS) is 10.3. The third kappa shape index (κ3) is 3.27. The lowest BCUT2D eigenvalue weighted by atomic mass is 10.3. The molecule has 0 aliphatic rings. The fraction of sp³-hybridized carbons (Fsp3) is 0.0833. The SMILES string of the molecule is O=C(O)c1cc(SCc2cncc(F)c2)ccn1. The van der Waals surface area contributed by atoms with Crippen LogP contribution in [0.15, 0.2) is 41.7 Å². The van der Waals surface area contributed by atoms with E-state index in [0.29, 0.717) is 5.75 Å². The van der Waals surface area contributed by atoms with E-state index in [1.165, 1.54) is 30.1 Å². The summed E-state index contributed by atoms with van der Waals surface area (Å²) in [5.41, 5.74) is 0.742. The fourth-order valence-electron chi connectivity index (χ4n) is 1.32. The molecule has 0 spiro atoms. The van der Waals surface area contributed by atoms with E-state index in [1.807, 2.05) is 0 Å². The number of carbonyl (C=O) groups is 1. The molecule has 0 saturated carbocycles. The topological polar surface area (TPSA) is 63.1 Å². The minimum Gasteiger partial charge on any atom is -0.477 e. The Morgan fingerprint density at radius 1 is 1.39 bits per heavy atom. The van der Waals surface area contributed by atoms with Crippen molar-refractivity contribution >= 4 is 17.7 Å². The molecule has 2 heterocycles. The first-order valence-electron chi connectivity index (χ1n) is 5.07. The Kier molecular flexibility index (Phi) is 3.88. The van der Waals surface area contributed by atoms with E-state index in [1.54, 1.807) is 12.3 Å². The van der Waals surface area contributed by atoms with Crippen molar-refractivity contribution in [3.63, 3.8) is 0 Å². The quantitative estimate of drug-likeness (QED) is 0.860.